The summed E-state index contributed by atoms with van der Waals surface area (Å²) in [5.41, 5.74) is 27.2. The van der Waals surface area contributed by atoms with Gasteiger partial charge in [0.05, 0.1) is 47.6 Å². The van der Waals surface area contributed by atoms with Crippen molar-refractivity contribution in [3.8, 4) is 0 Å². The van der Waals surface area contributed by atoms with Gasteiger partial charge in [-0.05, 0) is 286 Å². The van der Waals surface area contributed by atoms with E-state index >= 15 is 0 Å². The van der Waals surface area contributed by atoms with E-state index in [1.807, 2.05) is 12.4 Å². The molecule has 480 valence electrons. The van der Waals surface area contributed by atoms with Gasteiger partial charge in [-0.2, -0.15) is 20.4 Å². The molecule has 8 aromatic carbocycles. The van der Waals surface area contributed by atoms with E-state index in [2.05, 4.69) is 222 Å². The first-order valence-corrected chi connectivity index (χ1v) is 35.7. The summed E-state index contributed by atoms with van der Waals surface area (Å²) in [4.78, 5) is 10.4. The quantitative estimate of drug-likeness (QED) is 0.0323. The van der Waals surface area contributed by atoms with E-state index in [1.54, 1.807) is 0 Å². The number of rotatable bonds is 20. The van der Waals surface area contributed by atoms with Gasteiger partial charge in [0.25, 0.3) is 0 Å². The predicted octanol–water partition coefficient (Wildman–Crippen LogP) is 16.1. The molecule has 0 amide bonds. The second-order valence-corrected chi connectivity index (χ2v) is 27.1. The molecule has 0 aliphatic carbocycles. The molecule has 0 saturated carbocycles. The first-order valence-electron chi connectivity index (χ1n) is 35.7. The Bertz CT molecular complexity index is 3630. The minimum Gasteiger partial charge on any atom is -0.371 e. The van der Waals surface area contributed by atoms with E-state index in [4.69, 9.17) is 20.4 Å². The summed E-state index contributed by atoms with van der Waals surface area (Å²) in [5.74, 6) is 0. The molecule has 0 fully saturated rings. The number of hydrogen-bond acceptors (Lipinski definition) is 12. The number of para-hydroxylation sites is 4. The van der Waals surface area contributed by atoms with Crippen LogP contribution in [0.3, 0.4) is 0 Å². The normalized spacial score (nSPS) is 16.8. The van der Waals surface area contributed by atoms with Crippen LogP contribution in [0.5, 0.6) is 0 Å². The molecule has 8 aliphatic rings. The Hall–Kier alpha value is -9.16. The highest BCUT2D eigenvalue weighted by molar-refractivity contribution is 5.87. The number of unbranched alkanes of at least 4 members (excludes halogenated alkanes) is 2. The van der Waals surface area contributed by atoms with Crippen LogP contribution in [-0.2, 0) is 51.4 Å². The summed E-state index contributed by atoms with van der Waals surface area (Å²) in [6, 6.07) is 61.2. The van der Waals surface area contributed by atoms with Crippen LogP contribution in [0, 0.1) is 0 Å². The van der Waals surface area contributed by atoms with Crippen LogP contribution in [-0.4, -0.2) is 97.0 Å². The van der Waals surface area contributed by atoms with Crippen molar-refractivity contribution in [2.24, 2.45) is 20.4 Å². The Morgan fingerprint density at radius 2 is 0.479 bits per heavy atom. The number of nitrogens with zero attached hydrogens (tertiary/aromatic N) is 12. The predicted molar refractivity (Wildman–Crippen MR) is 396 cm³/mol. The van der Waals surface area contributed by atoms with Gasteiger partial charge < -0.3 is 19.6 Å². The van der Waals surface area contributed by atoms with Crippen LogP contribution < -0.4 is 39.6 Å². The Labute approximate surface area is 558 Å². The van der Waals surface area contributed by atoms with E-state index < -0.39 is 0 Å². The zero-order valence-corrected chi connectivity index (χ0v) is 55.1. The molecular weight excluding hydrogens is 1150 g/mol. The number of anilines is 8. The number of hydrazone groups is 4. The van der Waals surface area contributed by atoms with Crippen molar-refractivity contribution < 1.29 is 0 Å². The van der Waals surface area contributed by atoms with Gasteiger partial charge >= 0.3 is 0 Å². The van der Waals surface area contributed by atoms with Crippen molar-refractivity contribution in [1.29, 1.82) is 0 Å². The number of hydrogen-bond donors (Lipinski definition) is 0. The van der Waals surface area contributed by atoms with Crippen LogP contribution >= 0.6 is 0 Å². The molecular formula is C82H92N12. The molecule has 0 radical (unpaired) electrons. The van der Waals surface area contributed by atoms with Crippen molar-refractivity contribution in [2.75, 3.05) is 112 Å². The molecule has 0 unspecified atom stereocenters. The van der Waals surface area contributed by atoms with Crippen LogP contribution in [0.4, 0.5) is 45.5 Å². The van der Waals surface area contributed by atoms with Crippen LogP contribution in [0.1, 0.15) is 137 Å². The topological polar surface area (TPSA) is 75.4 Å². The van der Waals surface area contributed by atoms with Crippen LogP contribution in [0.25, 0.3) is 0 Å². The molecule has 12 heteroatoms. The van der Waals surface area contributed by atoms with Gasteiger partial charge in [0.2, 0.25) is 0 Å². The second-order valence-electron chi connectivity index (χ2n) is 27.1. The second kappa shape index (κ2) is 29.0. The maximum absolute atomic E-state index is 5.12. The fourth-order valence-electron chi connectivity index (χ4n) is 16.3. The minimum atomic E-state index is 0.484. The molecule has 8 aromatic rings. The largest absolute Gasteiger partial charge is 0.371 e. The zero-order chi connectivity index (χ0) is 62.8. The van der Waals surface area contributed by atoms with Crippen molar-refractivity contribution in [1.82, 2.24) is 0 Å². The summed E-state index contributed by atoms with van der Waals surface area (Å²) in [6.45, 7) is 11.8. The average molecular weight is 1250 g/mol. The standard InChI is InChI=1S/C43H50N6.C39H42N6/c1-4-18-40(19-5-1)48(44-32-34-28-36-14-10-22-46-23-11-15-37(29-34)42(36)46)26-8-3-9-27-49(41-20-6-2-7-21-41)45-33-35-30-38-16-12-24-47-25-13-17-39(31-35)43(38)47;1-3-15-36(16-4-1)44(40-27-30-23-32-11-7-19-42-20-8-12-33(24-30)38(32)42)29-45(37-17-5-2-6-18-37)41-28-31-25-34-13-9-21-43-22-10-14-35(26-31)39(34)43/h1-2,4-7,18-21,28-33H,3,8-17,22-27H2;1-6,15-18,23-28H,7-14,19-22,29H2/b44-32+,45-33+;40-27+,41-28+. The third-order valence-corrected chi connectivity index (χ3v) is 20.5. The van der Waals surface area contributed by atoms with Gasteiger partial charge in [-0.1, -0.05) is 72.8 Å². The van der Waals surface area contributed by atoms with E-state index in [0.29, 0.717) is 6.67 Å². The minimum absolute atomic E-state index is 0.484. The van der Waals surface area contributed by atoms with Crippen molar-refractivity contribution in [3.63, 3.8) is 0 Å². The molecule has 0 atom stereocenters. The molecule has 0 bridgehead atoms. The third kappa shape index (κ3) is 14.0. The Morgan fingerprint density at radius 1 is 0.266 bits per heavy atom. The van der Waals surface area contributed by atoms with Crippen molar-refractivity contribution >= 4 is 70.4 Å². The number of benzene rings is 8. The highest BCUT2D eigenvalue weighted by atomic mass is 15.6. The number of aryl methyl sites for hydroxylation is 8. The van der Waals surface area contributed by atoms with Crippen LogP contribution in [0.15, 0.2) is 190 Å². The maximum Gasteiger partial charge on any atom is 0.134 e. The smallest absolute Gasteiger partial charge is 0.134 e. The maximum atomic E-state index is 5.12. The lowest BCUT2D eigenvalue weighted by atomic mass is 9.90. The van der Waals surface area contributed by atoms with Gasteiger partial charge in [0.1, 0.15) is 6.67 Å². The summed E-state index contributed by atoms with van der Waals surface area (Å²) >= 11 is 0. The van der Waals surface area contributed by atoms with Gasteiger partial charge in [-0.15, -0.1) is 0 Å². The van der Waals surface area contributed by atoms with Crippen LogP contribution in [0.2, 0.25) is 0 Å². The summed E-state index contributed by atoms with van der Waals surface area (Å²) in [7, 11) is 0. The lowest BCUT2D eigenvalue weighted by Gasteiger charge is -2.37. The molecule has 0 N–H and O–H groups in total. The first kappa shape index (κ1) is 61.0. The zero-order valence-electron chi connectivity index (χ0n) is 55.1. The van der Waals surface area contributed by atoms with E-state index in [-0.39, 0.29) is 0 Å². The lowest BCUT2D eigenvalue weighted by Crippen LogP contribution is -2.34. The fraction of sp³-hybridized carbons (Fsp3) is 0.366. The van der Waals surface area contributed by atoms with Gasteiger partial charge in [0, 0.05) is 88.2 Å². The molecule has 94 heavy (non-hydrogen) atoms. The van der Waals surface area contributed by atoms with E-state index in [0.717, 1.165) is 80.8 Å². The fourth-order valence-corrected chi connectivity index (χ4v) is 16.3. The Balaban J connectivity index is 0.000000156. The van der Waals surface area contributed by atoms with E-state index in [9.17, 15) is 0 Å². The third-order valence-electron chi connectivity index (χ3n) is 20.5. The summed E-state index contributed by atoms with van der Waals surface area (Å²) in [5, 5.41) is 28.9. The van der Waals surface area contributed by atoms with Crippen molar-refractivity contribution in [2.45, 2.75) is 122 Å². The average Bonchev–Trinajstić information content (AvgIpc) is 0.908. The van der Waals surface area contributed by atoms with Gasteiger partial charge in [-0.3, -0.25) is 10.0 Å². The summed E-state index contributed by atoms with van der Waals surface area (Å²) in [6.07, 6.45) is 30.8. The van der Waals surface area contributed by atoms with E-state index in [1.165, 1.54) is 219 Å². The molecule has 16 rings (SSSR count). The Morgan fingerprint density at radius 3 is 0.713 bits per heavy atom. The Kier molecular flexibility index (Phi) is 18.8. The molecule has 0 saturated heterocycles. The molecule has 8 aliphatic heterocycles. The molecule has 0 spiro atoms. The van der Waals surface area contributed by atoms with Gasteiger partial charge in [-0.25, -0.2) is 10.0 Å². The van der Waals surface area contributed by atoms with Crippen molar-refractivity contribution in [3.05, 3.63) is 237 Å². The SMILES string of the molecule is C(=N\N(CCCCCN(/N=C/c1cc2c3c(c1)CCCN3CCC2)c1ccccc1)c1ccccc1)/c1cc2c3c(c1)CCCN3CCC2.C(=N\N(CN(/N=C/c1cc2c3c(c1)CCCN3CCC2)c1ccccc1)c1ccccc1)/c1cc2c3c(c1)CCCN3CCC2. The monoisotopic (exact) mass is 1240 g/mol. The lowest BCUT2D eigenvalue weighted by molar-refractivity contribution is 0.634. The molecule has 0 aromatic heterocycles. The molecule has 12 nitrogen and oxygen atoms in total. The van der Waals surface area contributed by atoms with Gasteiger partial charge in [0.15, 0.2) is 0 Å². The highest BCUT2D eigenvalue weighted by Crippen LogP contribution is 2.40. The molecule has 8 heterocycles. The highest BCUT2D eigenvalue weighted by Gasteiger charge is 2.29. The first-order chi connectivity index (χ1) is 46.6. The summed E-state index contributed by atoms with van der Waals surface area (Å²) < 4.78 is 0.